The molecule has 0 saturated carbocycles. The first-order valence-corrected chi connectivity index (χ1v) is 6.48. The maximum absolute atomic E-state index is 11.5. The second-order valence-electron chi connectivity index (χ2n) is 5.27. The van der Waals surface area contributed by atoms with Crippen LogP contribution in [0, 0.1) is 0 Å². The molecule has 0 amide bonds. The molecular formula is C13H19N3O. The fourth-order valence-corrected chi connectivity index (χ4v) is 3.32. The van der Waals surface area contributed by atoms with Gasteiger partial charge in [0.2, 0.25) is 0 Å². The Kier molecular flexibility index (Phi) is 2.74. The van der Waals surface area contributed by atoms with Crippen molar-refractivity contribution in [1.29, 1.82) is 0 Å². The summed E-state index contributed by atoms with van der Waals surface area (Å²) in [5.41, 5.74) is 1.28. The SMILES string of the molecule is Cn1nccc1CCN1C2CCC1CC(=O)C2. The Morgan fingerprint density at radius 1 is 1.35 bits per heavy atom. The van der Waals surface area contributed by atoms with E-state index in [-0.39, 0.29) is 0 Å². The van der Waals surface area contributed by atoms with Crippen molar-refractivity contribution >= 4 is 5.78 Å². The van der Waals surface area contributed by atoms with Gasteiger partial charge in [-0.15, -0.1) is 0 Å². The second kappa shape index (κ2) is 4.26. The normalized spacial score (nSPS) is 28.9. The lowest BCUT2D eigenvalue weighted by molar-refractivity contribution is -0.123. The van der Waals surface area contributed by atoms with Crippen molar-refractivity contribution < 1.29 is 4.79 Å². The molecule has 2 unspecified atom stereocenters. The highest BCUT2D eigenvalue weighted by Gasteiger charge is 2.39. The van der Waals surface area contributed by atoms with Crippen LogP contribution in [-0.2, 0) is 18.3 Å². The number of aryl methyl sites for hydroxylation is 1. The highest BCUT2D eigenvalue weighted by Crippen LogP contribution is 2.33. The second-order valence-corrected chi connectivity index (χ2v) is 5.27. The predicted octanol–water partition coefficient (Wildman–Crippen LogP) is 1.16. The molecule has 4 heteroatoms. The molecule has 3 heterocycles. The van der Waals surface area contributed by atoms with E-state index in [0.29, 0.717) is 17.9 Å². The first kappa shape index (κ1) is 11.0. The number of carbonyl (C=O) groups is 1. The zero-order valence-electron chi connectivity index (χ0n) is 10.3. The maximum atomic E-state index is 11.5. The number of hydrogen-bond donors (Lipinski definition) is 0. The third-order valence-electron chi connectivity index (χ3n) is 4.25. The molecule has 1 aromatic rings. The van der Waals surface area contributed by atoms with Gasteiger partial charge in [0.05, 0.1) is 0 Å². The summed E-state index contributed by atoms with van der Waals surface area (Å²) in [4.78, 5) is 14.1. The van der Waals surface area contributed by atoms with E-state index in [1.54, 1.807) is 0 Å². The summed E-state index contributed by atoms with van der Waals surface area (Å²) in [7, 11) is 1.99. The molecule has 17 heavy (non-hydrogen) atoms. The molecule has 0 spiro atoms. The van der Waals surface area contributed by atoms with E-state index in [9.17, 15) is 4.79 Å². The predicted molar refractivity (Wildman–Crippen MR) is 64.7 cm³/mol. The van der Waals surface area contributed by atoms with Gasteiger partial charge in [-0.25, -0.2) is 0 Å². The zero-order valence-corrected chi connectivity index (χ0v) is 10.3. The van der Waals surface area contributed by atoms with Crippen LogP contribution in [0.1, 0.15) is 31.4 Å². The van der Waals surface area contributed by atoms with Gasteiger partial charge in [-0.2, -0.15) is 5.10 Å². The molecule has 1 aromatic heterocycles. The summed E-state index contributed by atoms with van der Waals surface area (Å²) in [5.74, 6) is 0.467. The Bertz CT molecular complexity index is 410. The van der Waals surface area contributed by atoms with E-state index in [4.69, 9.17) is 0 Å². The summed E-state index contributed by atoms with van der Waals surface area (Å²) in [5, 5.41) is 4.19. The number of Topliss-reactive ketones (excluding diaryl/α,β-unsaturated/α-hetero) is 1. The Morgan fingerprint density at radius 2 is 2.06 bits per heavy atom. The molecular weight excluding hydrogens is 214 g/mol. The molecule has 4 nitrogen and oxygen atoms in total. The third kappa shape index (κ3) is 2.02. The Balaban J connectivity index is 1.63. The molecule has 3 rings (SSSR count). The molecule has 0 aromatic carbocycles. The van der Waals surface area contributed by atoms with Crippen molar-refractivity contribution in [1.82, 2.24) is 14.7 Å². The maximum Gasteiger partial charge on any atom is 0.136 e. The molecule has 0 aliphatic carbocycles. The van der Waals surface area contributed by atoms with E-state index in [1.807, 2.05) is 17.9 Å². The highest BCUT2D eigenvalue weighted by atomic mass is 16.1. The van der Waals surface area contributed by atoms with Crippen LogP contribution in [0.5, 0.6) is 0 Å². The van der Waals surface area contributed by atoms with Gasteiger partial charge in [0.25, 0.3) is 0 Å². The zero-order chi connectivity index (χ0) is 11.8. The summed E-state index contributed by atoms with van der Waals surface area (Å²) in [6.45, 7) is 1.07. The van der Waals surface area contributed by atoms with Crippen LogP contribution in [-0.4, -0.2) is 39.1 Å². The van der Waals surface area contributed by atoms with Crippen LogP contribution in [0.15, 0.2) is 12.3 Å². The van der Waals surface area contributed by atoms with Crippen LogP contribution >= 0.6 is 0 Å². The smallest absolute Gasteiger partial charge is 0.136 e. The average molecular weight is 233 g/mol. The number of nitrogens with zero attached hydrogens (tertiary/aromatic N) is 3. The first-order valence-electron chi connectivity index (χ1n) is 6.48. The molecule has 92 valence electrons. The first-order chi connectivity index (χ1) is 8.24. The Hall–Kier alpha value is -1.16. The lowest BCUT2D eigenvalue weighted by Crippen LogP contribution is -2.44. The van der Waals surface area contributed by atoms with Gasteiger partial charge < -0.3 is 0 Å². The van der Waals surface area contributed by atoms with E-state index in [0.717, 1.165) is 25.8 Å². The van der Waals surface area contributed by atoms with Crippen LogP contribution in [0.4, 0.5) is 0 Å². The van der Waals surface area contributed by atoms with Crippen LogP contribution in [0.25, 0.3) is 0 Å². The largest absolute Gasteiger partial charge is 0.300 e. The summed E-state index contributed by atoms with van der Waals surface area (Å²) >= 11 is 0. The number of hydrogen-bond acceptors (Lipinski definition) is 3. The van der Waals surface area contributed by atoms with E-state index >= 15 is 0 Å². The van der Waals surface area contributed by atoms with Crippen molar-refractivity contribution in [2.24, 2.45) is 7.05 Å². The number of ketones is 1. The third-order valence-corrected chi connectivity index (χ3v) is 4.25. The van der Waals surface area contributed by atoms with Crippen LogP contribution in [0.2, 0.25) is 0 Å². The van der Waals surface area contributed by atoms with Crippen molar-refractivity contribution in [2.75, 3.05) is 6.54 Å². The van der Waals surface area contributed by atoms with E-state index in [1.165, 1.54) is 18.5 Å². The summed E-state index contributed by atoms with van der Waals surface area (Å²) in [6.07, 6.45) is 6.87. The number of carbonyl (C=O) groups excluding carboxylic acids is 1. The highest BCUT2D eigenvalue weighted by molar-refractivity contribution is 5.80. The quantitative estimate of drug-likeness (QED) is 0.786. The van der Waals surface area contributed by atoms with E-state index < -0.39 is 0 Å². The minimum atomic E-state index is 0.467. The number of aromatic nitrogens is 2. The van der Waals surface area contributed by atoms with Crippen molar-refractivity contribution in [3.8, 4) is 0 Å². The minimum absolute atomic E-state index is 0.467. The Morgan fingerprint density at radius 3 is 2.65 bits per heavy atom. The summed E-state index contributed by atoms with van der Waals surface area (Å²) in [6, 6.07) is 3.13. The topological polar surface area (TPSA) is 38.1 Å². The molecule has 2 aliphatic heterocycles. The standard InChI is InChI=1S/C13H19N3O/c1-15-10(4-6-14-15)5-7-16-11-2-3-12(16)9-13(17)8-11/h4,6,11-12H,2-3,5,7-9H2,1H3. The molecule has 2 saturated heterocycles. The van der Waals surface area contributed by atoms with Gasteiger partial charge in [0.15, 0.2) is 0 Å². The van der Waals surface area contributed by atoms with Gasteiger partial charge >= 0.3 is 0 Å². The molecule has 2 aliphatic rings. The van der Waals surface area contributed by atoms with Crippen LogP contribution in [0.3, 0.4) is 0 Å². The van der Waals surface area contributed by atoms with Gasteiger partial charge in [-0.05, 0) is 18.9 Å². The van der Waals surface area contributed by atoms with Gasteiger partial charge in [0, 0.05) is 56.8 Å². The lowest BCUT2D eigenvalue weighted by atomic mass is 10.0. The van der Waals surface area contributed by atoms with Crippen molar-refractivity contribution in [2.45, 2.75) is 44.2 Å². The van der Waals surface area contributed by atoms with Gasteiger partial charge in [-0.1, -0.05) is 0 Å². The van der Waals surface area contributed by atoms with Gasteiger partial charge in [-0.3, -0.25) is 14.4 Å². The van der Waals surface area contributed by atoms with Crippen LogP contribution < -0.4 is 0 Å². The average Bonchev–Trinajstić information content (AvgIpc) is 2.79. The number of piperidine rings is 1. The molecule has 0 radical (unpaired) electrons. The fraction of sp³-hybridized carbons (Fsp3) is 0.692. The number of fused-ring (bicyclic) bond motifs is 2. The van der Waals surface area contributed by atoms with E-state index in [2.05, 4.69) is 16.1 Å². The molecule has 2 bridgehead atoms. The number of rotatable bonds is 3. The molecule has 2 fully saturated rings. The van der Waals surface area contributed by atoms with Crippen molar-refractivity contribution in [3.63, 3.8) is 0 Å². The monoisotopic (exact) mass is 233 g/mol. The fourth-order valence-electron chi connectivity index (χ4n) is 3.32. The minimum Gasteiger partial charge on any atom is -0.300 e. The summed E-state index contributed by atoms with van der Waals surface area (Å²) < 4.78 is 1.94. The van der Waals surface area contributed by atoms with Gasteiger partial charge in [0.1, 0.15) is 5.78 Å². The molecule has 0 N–H and O–H groups in total. The van der Waals surface area contributed by atoms with Crippen molar-refractivity contribution in [3.05, 3.63) is 18.0 Å². The molecule has 2 atom stereocenters. The lowest BCUT2D eigenvalue weighted by Gasteiger charge is -2.33. The Labute approximate surface area is 102 Å².